The normalized spacial score (nSPS) is 24.5. The molecule has 2 rings (SSSR count). The second-order valence-corrected chi connectivity index (χ2v) is 8.16. The van der Waals surface area contributed by atoms with Crippen LogP contribution in [0.25, 0.3) is 0 Å². The van der Waals surface area contributed by atoms with Gasteiger partial charge in [-0.3, -0.25) is 0 Å². The SMILES string of the molecule is CCC(CC)NC1CCCC(c2ccc(C)cc2)CCC1C/C(=N/O)NC. The van der Waals surface area contributed by atoms with Gasteiger partial charge in [-0.05, 0) is 62.8 Å². The molecule has 0 saturated heterocycles. The molecule has 1 aliphatic carbocycles. The van der Waals surface area contributed by atoms with Gasteiger partial charge in [-0.1, -0.05) is 55.3 Å². The standard InChI is InChI=1S/C23H39N3O/c1-5-21(6-2)25-22-9-7-8-18(19-12-10-17(3)11-13-19)14-15-20(22)16-23(24-4)26-27/h10-13,18,20-22,25,27H,5-9,14-16H2,1-4H3,(H,24,26). The van der Waals surface area contributed by atoms with E-state index in [2.05, 4.69) is 60.8 Å². The lowest BCUT2D eigenvalue weighted by molar-refractivity contribution is 0.248. The second kappa shape index (κ2) is 11.3. The number of nitrogens with one attached hydrogen (secondary N) is 2. The van der Waals surface area contributed by atoms with Crippen molar-refractivity contribution in [3.63, 3.8) is 0 Å². The largest absolute Gasteiger partial charge is 0.409 e. The predicted octanol–water partition coefficient (Wildman–Crippen LogP) is 5.20. The van der Waals surface area contributed by atoms with E-state index in [4.69, 9.17) is 0 Å². The molecule has 1 aromatic carbocycles. The van der Waals surface area contributed by atoms with Crippen molar-refractivity contribution in [2.24, 2.45) is 11.1 Å². The summed E-state index contributed by atoms with van der Waals surface area (Å²) < 4.78 is 0. The minimum absolute atomic E-state index is 0.497. The average Bonchev–Trinajstić information content (AvgIpc) is 2.68. The number of rotatable bonds is 7. The highest BCUT2D eigenvalue weighted by molar-refractivity contribution is 5.81. The van der Waals surface area contributed by atoms with Gasteiger partial charge in [-0.2, -0.15) is 0 Å². The van der Waals surface area contributed by atoms with Gasteiger partial charge >= 0.3 is 0 Å². The van der Waals surface area contributed by atoms with Gasteiger partial charge in [-0.15, -0.1) is 0 Å². The molecule has 0 aliphatic heterocycles. The van der Waals surface area contributed by atoms with Crippen molar-refractivity contribution in [2.45, 2.75) is 90.1 Å². The fourth-order valence-electron chi connectivity index (χ4n) is 4.48. The van der Waals surface area contributed by atoms with Crippen LogP contribution < -0.4 is 10.6 Å². The summed E-state index contributed by atoms with van der Waals surface area (Å²) in [5.41, 5.74) is 2.81. The van der Waals surface area contributed by atoms with Crippen LogP contribution in [0.3, 0.4) is 0 Å². The van der Waals surface area contributed by atoms with E-state index in [9.17, 15) is 5.21 Å². The van der Waals surface area contributed by atoms with Crippen molar-refractivity contribution >= 4 is 5.84 Å². The first kappa shape index (κ1) is 21.7. The number of nitrogens with zero attached hydrogens (tertiary/aromatic N) is 1. The summed E-state index contributed by atoms with van der Waals surface area (Å²) in [5, 5.41) is 19.8. The van der Waals surface area contributed by atoms with Gasteiger partial charge in [0.2, 0.25) is 0 Å². The van der Waals surface area contributed by atoms with Gasteiger partial charge in [0.05, 0.1) is 0 Å². The molecule has 152 valence electrons. The van der Waals surface area contributed by atoms with E-state index in [-0.39, 0.29) is 0 Å². The number of oxime groups is 1. The highest BCUT2D eigenvalue weighted by Crippen LogP contribution is 2.35. The summed E-state index contributed by atoms with van der Waals surface area (Å²) in [6.45, 7) is 6.68. The monoisotopic (exact) mass is 373 g/mol. The van der Waals surface area contributed by atoms with E-state index in [1.807, 2.05) is 7.05 Å². The number of amidine groups is 1. The Bertz CT molecular complexity index is 565. The van der Waals surface area contributed by atoms with Gasteiger partial charge in [0.15, 0.2) is 0 Å². The van der Waals surface area contributed by atoms with Crippen molar-refractivity contribution in [1.29, 1.82) is 0 Å². The van der Waals surface area contributed by atoms with Crippen LogP contribution in [0, 0.1) is 12.8 Å². The number of hydrogen-bond donors (Lipinski definition) is 3. The first-order chi connectivity index (χ1) is 13.1. The zero-order chi connectivity index (χ0) is 19.6. The van der Waals surface area contributed by atoms with Crippen LogP contribution in [0.2, 0.25) is 0 Å². The summed E-state index contributed by atoms with van der Waals surface area (Å²) in [6, 6.07) is 10.2. The minimum Gasteiger partial charge on any atom is -0.409 e. The number of hydrogen-bond acceptors (Lipinski definition) is 3. The Kier molecular flexibility index (Phi) is 9.12. The van der Waals surface area contributed by atoms with E-state index in [1.165, 1.54) is 49.7 Å². The zero-order valence-electron chi connectivity index (χ0n) is 17.7. The Labute approximate surface area is 165 Å². The van der Waals surface area contributed by atoms with Gasteiger partial charge in [0.25, 0.3) is 0 Å². The van der Waals surface area contributed by atoms with Crippen LogP contribution in [0.5, 0.6) is 0 Å². The van der Waals surface area contributed by atoms with Crippen LogP contribution in [-0.4, -0.2) is 30.2 Å². The molecule has 0 amide bonds. The molecule has 1 fully saturated rings. The van der Waals surface area contributed by atoms with Crippen molar-refractivity contribution in [3.8, 4) is 0 Å². The Hall–Kier alpha value is -1.55. The molecular weight excluding hydrogens is 334 g/mol. The van der Waals surface area contributed by atoms with Crippen molar-refractivity contribution < 1.29 is 5.21 Å². The molecule has 3 atom stereocenters. The molecule has 1 saturated carbocycles. The number of aryl methyl sites for hydroxylation is 1. The van der Waals surface area contributed by atoms with Gasteiger partial charge in [0.1, 0.15) is 5.84 Å². The van der Waals surface area contributed by atoms with Crippen LogP contribution >= 0.6 is 0 Å². The first-order valence-corrected chi connectivity index (χ1v) is 10.8. The lowest BCUT2D eigenvalue weighted by Crippen LogP contribution is -2.44. The molecular formula is C23H39N3O. The van der Waals surface area contributed by atoms with Gasteiger partial charge in [0, 0.05) is 25.6 Å². The molecule has 4 nitrogen and oxygen atoms in total. The third kappa shape index (κ3) is 6.53. The minimum atomic E-state index is 0.497. The van der Waals surface area contributed by atoms with E-state index < -0.39 is 0 Å². The maximum Gasteiger partial charge on any atom is 0.141 e. The van der Waals surface area contributed by atoms with Crippen molar-refractivity contribution in [3.05, 3.63) is 35.4 Å². The Balaban J connectivity index is 2.12. The quantitative estimate of drug-likeness (QED) is 0.266. The molecule has 0 aromatic heterocycles. The Morgan fingerprint density at radius 3 is 2.41 bits per heavy atom. The summed E-state index contributed by atoms with van der Waals surface area (Å²) >= 11 is 0. The molecule has 0 heterocycles. The molecule has 4 heteroatoms. The second-order valence-electron chi connectivity index (χ2n) is 8.16. The first-order valence-electron chi connectivity index (χ1n) is 10.8. The molecule has 3 unspecified atom stereocenters. The van der Waals surface area contributed by atoms with Gasteiger partial charge < -0.3 is 15.8 Å². The lowest BCUT2D eigenvalue weighted by Gasteiger charge is -2.35. The average molecular weight is 374 g/mol. The van der Waals surface area contributed by atoms with E-state index in [0.29, 0.717) is 29.8 Å². The topological polar surface area (TPSA) is 56.7 Å². The fraction of sp³-hybridized carbons (Fsp3) is 0.696. The third-order valence-corrected chi connectivity index (χ3v) is 6.37. The molecule has 3 N–H and O–H groups in total. The van der Waals surface area contributed by atoms with Crippen molar-refractivity contribution in [1.82, 2.24) is 10.6 Å². The highest BCUT2D eigenvalue weighted by Gasteiger charge is 2.28. The summed E-state index contributed by atoms with van der Waals surface area (Å²) in [5.74, 6) is 1.84. The van der Waals surface area contributed by atoms with Crippen LogP contribution in [0.4, 0.5) is 0 Å². The lowest BCUT2D eigenvalue weighted by atomic mass is 9.78. The van der Waals surface area contributed by atoms with E-state index in [0.717, 1.165) is 12.8 Å². The molecule has 0 bridgehead atoms. The number of benzene rings is 1. The summed E-state index contributed by atoms with van der Waals surface area (Å²) in [4.78, 5) is 0. The molecule has 1 aliphatic rings. The highest BCUT2D eigenvalue weighted by atomic mass is 16.4. The smallest absolute Gasteiger partial charge is 0.141 e. The van der Waals surface area contributed by atoms with E-state index in [1.54, 1.807) is 0 Å². The maximum absolute atomic E-state index is 9.30. The predicted molar refractivity (Wildman–Crippen MR) is 115 cm³/mol. The summed E-state index contributed by atoms with van der Waals surface area (Å²) in [6.07, 6.45) is 9.23. The van der Waals surface area contributed by atoms with Crippen LogP contribution in [0.15, 0.2) is 29.4 Å². The Morgan fingerprint density at radius 1 is 1.11 bits per heavy atom. The van der Waals surface area contributed by atoms with Crippen LogP contribution in [0.1, 0.15) is 82.3 Å². The Morgan fingerprint density at radius 2 is 1.81 bits per heavy atom. The van der Waals surface area contributed by atoms with Crippen molar-refractivity contribution in [2.75, 3.05) is 7.05 Å². The molecule has 1 aromatic rings. The molecule has 27 heavy (non-hydrogen) atoms. The molecule has 0 radical (unpaired) electrons. The molecule has 0 spiro atoms. The third-order valence-electron chi connectivity index (χ3n) is 6.37. The summed E-state index contributed by atoms with van der Waals surface area (Å²) in [7, 11) is 1.84. The van der Waals surface area contributed by atoms with Gasteiger partial charge in [-0.25, -0.2) is 0 Å². The van der Waals surface area contributed by atoms with Crippen LogP contribution in [-0.2, 0) is 0 Å². The fourth-order valence-corrected chi connectivity index (χ4v) is 4.48. The van der Waals surface area contributed by atoms with E-state index >= 15 is 0 Å². The maximum atomic E-state index is 9.30. The zero-order valence-corrected chi connectivity index (χ0v) is 17.7.